The molecule has 0 radical (unpaired) electrons. The standard InChI is InChI=1S/C18H44O10Si3/c1-10-19-18(20-11-2)30(23-14-5,24-15-6)28-31(25-16-7,26-17-8)27-29(9,21-12-3)22-13-4/h18H,10-17H2,1-9H3. The molecule has 0 heterocycles. The fourth-order valence-electron chi connectivity index (χ4n) is 2.80. The molecule has 0 bridgehead atoms. The lowest BCUT2D eigenvalue weighted by atomic mass is 10.8. The molecule has 0 aliphatic rings. The van der Waals surface area contributed by atoms with Gasteiger partial charge in [0, 0.05) is 59.4 Å². The highest BCUT2D eigenvalue weighted by Crippen LogP contribution is 2.29. The Kier molecular flexibility index (Phi) is 16.9. The third-order valence-corrected chi connectivity index (χ3v) is 13.5. The van der Waals surface area contributed by atoms with Crippen molar-refractivity contribution in [1.29, 1.82) is 0 Å². The second-order valence-electron chi connectivity index (χ2n) is 6.01. The molecule has 0 aromatic rings. The molecule has 31 heavy (non-hydrogen) atoms. The van der Waals surface area contributed by atoms with Crippen LogP contribution in [0.3, 0.4) is 0 Å². The lowest BCUT2D eigenvalue weighted by Gasteiger charge is -2.41. The van der Waals surface area contributed by atoms with Crippen molar-refractivity contribution in [3.63, 3.8) is 0 Å². The van der Waals surface area contributed by atoms with Gasteiger partial charge in [-0.3, -0.25) is 0 Å². The Morgan fingerprint density at radius 1 is 0.484 bits per heavy atom. The third-order valence-electron chi connectivity index (χ3n) is 3.65. The van der Waals surface area contributed by atoms with E-state index in [9.17, 15) is 0 Å². The Morgan fingerprint density at radius 2 is 0.871 bits per heavy atom. The molecule has 0 saturated heterocycles. The average Bonchev–Trinajstić information content (AvgIpc) is 2.68. The van der Waals surface area contributed by atoms with Crippen molar-refractivity contribution < 1.29 is 44.3 Å². The summed E-state index contributed by atoms with van der Waals surface area (Å²) in [6.07, 6.45) is 0. The zero-order valence-electron chi connectivity index (χ0n) is 20.8. The van der Waals surface area contributed by atoms with E-state index in [0.717, 1.165) is 0 Å². The first-order chi connectivity index (χ1) is 14.8. The summed E-state index contributed by atoms with van der Waals surface area (Å²) in [5.41, 5.74) is 0. The molecule has 10 nitrogen and oxygen atoms in total. The van der Waals surface area contributed by atoms with Crippen molar-refractivity contribution in [3.05, 3.63) is 0 Å². The topological polar surface area (TPSA) is 92.3 Å². The van der Waals surface area contributed by atoms with Crippen LogP contribution in [-0.2, 0) is 44.3 Å². The van der Waals surface area contributed by atoms with Crippen LogP contribution in [0.4, 0.5) is 0 Å². The maximum absolute atomic E-state index is 6.53. The first-order valence-corrected chi connectivity index (χ1v) is 16.9. The van der Waals surface area contributed by atoms with Gasteiger partial charge in [-0.1, -0.05) is 0 Å². The first-order valence-electron chi connectivity index (χ1n) is 11.3. The zero-order valence-corrected chi connectivity index (χ0v) is 23.8. The first kappa shape index (κ1) is 31.3. The minimum Gasteiger partial charge on any atom is -0.374 e. The summed E-state index contributed by atoms with van der Waals surface area (Å²) in [4.78, 5) is 0. The summed E-state index contributed by atoms with van der Waals surface area (Å²) in [5, 5.41) is 0. The minimum absolute atomic E-state index is 0.283. The normalized spacial score (nSPS) is 13.4. The Labute approximate surface area is 191 Å². The van der Waals surface area contributed by atoms with Crippen molar-refractivity contribution in [3.8, 4) is 0 Å². The van der Waals surface area contributed by atoms with E-state index >= 15 is 0 Å². The van der Waals surface area contributed by atoms with Gasteiger partial charge in [0.25, 0.3) is 0 Å². The van der Waals surface area contributed by atoms with Gasteiger partial charge in [0.1, 0.15) is 0 Å². The summed E-state index contributed by atoms with van der Waals surface area (Å²) < 4.78 is 60.6. The molecule has 0 rings (SSSR count). The van der Waals surface area contributed by atoms with Crippen molar-refractivity contribution in [1.82, 2.24) is 0 Å². The monoisotopic (exact) mass is 504 g/mol. The van der Waals surface area contributed by atoms with E-state index in [1.165, 1.54) is 0 Å². The van der Waals surface area contributed by atoms with Crippen LogP contribution in [0.15, 0.2) is 0 Å². The van der Waals surface area contributed by atoms with E-state index in [2.05, 4.69) is 0 Å². The van der Waals surface area contributed by atoms with Gasteiger partial charge < -0.3 is 44.3 Å². The van der Waals surface area contributed by atoms with E-state index in [4.69, 9.17) is 44.3 Å². The second kappa shape index (κ2) is 16.8. The SMILES string of the molecule is CCOC(OCC)[Si](OCC)(OCC)O[Si](OCC)(OCC)O[Si](C)(OCC)OCC. The van der Waals surface area contributed by atoms with Gasteiger partial charge in [0.05, 0.1) is 0 Å². The molecule has 0 saturated carbocycles. The van der Waals surface area contributed by atoms with E-state index in [1.54, 1.807) is 6.55 Å². The van der Waals surface area contributed by atoms with Gasteiger partial charge in [-0.25, -0.2) is 0 Å². The number of rotatable bonds is 21. The highest BCUT2D eigenvalue weighted by atomic mass is 28.5. The molecule has 0 fully saturated rings. The molecule has 0 atom stereocenters. The van der Waals surface area contributed by atoms with Crippen molar-refractivity contribution in [2.75, 3.05) is 52.9 Å². The number of hydrogen-bond acceptors (Lipinski definition) is 10. The second-order valence-corrected chi connectivity index (χ2v) is 13.8. The lowest BCUT2D eigenvalue weighted by molar-refractivity contribution is -0.138. The highest BCUT2D eigenvalue weighted by Gasteiger charge is 2.65. The fourth-order valence-corrected chi connectivity index (χ4v) is 12.6. The van der Waals surface area contributed by atoms with Crippen LogP contribution in [-0.4, -0.2) is 85.4 Å². The highest BCUT2D eigenvalue weighted by molar-refractivity contribution is 6.78. The molecular formula is C18H44O10Si3. The quantitative estimate of drug-likeness (QED) is 0.171. The summed E-state index contributed by atoms with van der Waals surface area (Å²) in [5.74, 6) is -0.870. The van der Waals surface area contributed by atoms with Gasteiger partial charge in [0.2, 0.25) is 5.91 Å². The molecular weight excluding hydrogens is 460 g/mol. The predicted octanol–water partition coefficient (Wildman–Crippen LogP) is 3.12. The number of ether oxygens (including phenoxy) is 2. The summed E-state index contributed by atoms with van der Waals surface area (Å²) in [6, 6.07) is 0. The largest absolute Gasteiger partial charge is 0.664 e. The van der Waals surface area contributed by atoms with Crippen LogP contribution in [0.2, 0.25) is 6.55 Å². The number of hydrogen-bond donors (Lipinski definition) is 0. The van der Waals surface area contributed by atoms with Gasteiger partial charge in [-0.2, -0.15) is 0 Å². The average molecular weight is 505 g/mol. The van der Waals surface area contributed by atoms with E-state index in [1.807, 2.05) is 55.4 Å². The molecule has 0 aromatic carbocycles. The molecule has 0 N–H and O–H groups in total. The Hall–Kier alpha value is 0.251. The molecule has 0 spiro atoms. The fraction of sp³-hybridized carbons (Fsp3) is 1.00. The molecule has 0 amide bonds. The Morgan fingerprint density at radius 3 is 1.19 bits per heavy atom. The lowest BCUT2D eigenvalue weighted by Crippen LogP contribution is -2.69. The maximum Gasteiger partial charge on any atom is 0.664 e. The van der Waals surface area contributed by atoms with Gasteiger partial charge in [0.15, 0.2) is 0 Å². The van der Waals surface area contributed by atoms with Crippen LogP contribution < -0.4 is 0 Å². The van der Waals surface area contributed by atoms with Gasteiger partial charge >= 0.3 is 26.7 Å². The predicted molar refractivity (Wildman–Crippen MR) is 122 cm³/mol. The van der Waals surface area contributed by atoms with Gasteiger partial charge in [-0.15, -0.1) is 0 Å². The van der Waals surface area contributed by atoms with E-state index in [-0.39, 0.29) is 13.2 Å². The Balaban J connectivity index is 6.38. The summed E-state index contributed by atoms with van der Waals surface area (Å²) >= 11 is 0. The summed E-state index contributed by atoms with van der Waals surface area (Å²) in [7, 11) is -10.7. The van der Waals surface area contributed by atoms with Crippen LogP contribution >= 0.6 is 0 Å². The third kappa shape index (κ3) is 10.4. The maximum atomic E-state index is 6.53. The zero-order chi connectivity index (χ0) is 23.8. The smallest absolute Gasteiger partial charge is 0.374 e. The minimum atomic E-state index is -3.87. The molecule has 0 aromatic heterocycles. The van der Waals surface area contributed by atoms with Gasteiger partial charge in [-0.05, 0) is 55.4 Å². The van der Waals surface area contributed by atoms with Crippen molar-refractivity contribution in [2.24, 2.45) is 0 Å². The van der Waals surface area contributed by atoms with Crippen LogP contribution in [0.1, 0.15) is 55.4 Å². The van der Waals surface area contributed by atoms with Crippen molar-refractivity contribution >= 4 is 26.7 Å². The molecule has 0 unspecified atom stereocenters. The Bertz CT molecular complexity index is 423. The molecule has 188 valence electrons. The van der Waals surface area contributed by atoms with Crippen LogP contribution in [0.5, 0.6) is 0 Å². The van der Waals surface area contributed by atoms with E-state index < -0.39 is 32.6 Å². The summed E-state index contributed by atoms with van der Waals surface area (Å²) in [6.45, 7) is 19.4. The molecule has 13 heteroatoms. The van der Waals surface area contributed by atoms with Crippen LogP contribution in [0.25, 0.3) is 0 Å². The molecule has 0 aliphatic heterocycles. The van der Waals surface area contributed by atoms with Crippen molar-refractivity contribution in [2.45, 2.75) is 67.9 Å². The van der Waals surface area contributed by atoms with Crippen LogP contribution in [0, 0.1) is 0 Å². The molecule has 0 aliphatic carbocycles. The van der Waals surface area contributed by atoms with E-state index in [0.29, 0.717) is 39.6 Å².